The smallest absolute Gasteiger partial charge is 0.136 e. The van der Waals surface area contributed by atoms with Crippen molar-refractivity contribution in [3.8, 4) is 0 Å². The molecule has 1 N–H and O–H groups in total. The predicted octanol–water partition coefficient (Wildman–Crippen LogP) is 5.33. The lowest BCUT2D eigenvalue weighted by Gasteiger charge is -2.66. The Balaban J connectivity index is 1.56. The third kappa shape index (κ3) is 2.24. The second-order valence-electron chi connectivity index (χ2n) is 12.2. The number of carbonyl (C=O) groups is 2. The Kier molecular flexibility index (Phi) is 4.30. The summed E-state index contributed by atoms with van der Waals surface area (Å²) in [4.78, 5) is 25.5. The Morgan fingerprint density at radius 1 is 1.00 bits per heavy atom. The zero-order valence-corrected chi connectivity index (χ0v) is 18.9. The summed E-state index contributed by atoms with van der Waals surface area (Å²) in [6.45, 7) is 8.85. The third-order valence-corrected chi connectivity index (χ3v) is 11.7. The molecule has 0 heterocycles. The van der Waals surface area contributed by atoms with E-state index in [9.17, 15) is 14.7 Å². The van der Waals surface area contributed by atoms with E-state index in [1.807, 2.05) is 6.92 Å². The molecule has 0 aromatic carbocycles. The highest BCUT2D eigenvalue weighted by molar-refractivity contribution is 5.84. The van der Waals surface area contributed by atoms with Crippen LogP contribution in [-0.4, -0.2) is 22.3 Å². The van der Waals surface area contributed by atoms with Gasteiger partial charge in [0.2, 0.25) is 0 Å². The number of rotatable bonds is 1. The van der Waals surface area contributed by atoms with Crippen molar-refractivity contribution < 1.29 is 14.7 Å². The van der Waals surface area contributed by atoms with E-state index in [1.165, 1.54) is 25.7 Å². The molecule has 9 atom stereocenters. The van der Waals surface area contributed by atoms with Crippen molar-refractivity contribution in [3.63, 3.8) is 0 Å². The van der Waals surface area contributed by atoms with Gasteiger partial charge in [-0.1, -0.05) is 33.6 Å². The maximum Gasteiger partial charge on any atom is 0.136 e. The standard InChI is InChI=1S/C26H40O3/c1-16-13-20-21(24(4)11-8-19(28)15-26(16,24)29)9-12-23(3)22(20)14-18-7-5-6-10-25(18,23)17(2)27/h16,18,20-22,29H,5-15H2,1-4H3/t16-,18+,20-,21+,22+,23+,24+,25+,26-/m0/s1. The molecule has 5 aliphatic carbocycles. The highest BCUT2D eigenvalue weighted by Crippen LogP contribution is 2.75. The van der Waals surface area contributed by atoms with Crippen LogP contribution in [0.15, 0.2) is 0 Å². The number of ketones is 2. The van der Waals surface area contributed by atoms with Gasteiger partial charge in [0.1, 0.15) is 11.6 Å². The third-order valence-electron chi connectivity index (χ3n) is 11.7. The van der Waals surface area contributed by atoms with Crippen molar-refractivity contribution in [2.24, 2.45) is 45.8 Å². The second kappa shape index (κ2) is 6.17. The van der Waals surface area contributed by atoms with Crippen molar-refractivity contribution in [2.45, 2.75) is 104 Å². The Labute approximate surface area is 176 Å². The monoisotopic (exact) mass is 400 g/mol. The number of aliphatic hydroxyl groups is 1. The van der Waals surface area contributed by atoms with Crippen LogP contribution in [-0.2, 0) is 9.59 Å². The molecule has 5 rings (SSSR count). The molecule has 0 amide bonds. The first-order chi connectivity index (χ1) is 13.6. The van der Waals surface area contributed by atoms with Gasteiger partial charge in [-0.25, -0.2) is 0 Å². The fourth-order valence-electron chi connectivity index (χ4n) is 10.3. The van der Waals surface area contributed by atoms with Crippen LogP contribution in [0.5, 0.6) is 0 Å². The summed E-state index contributed by atoms with van der Waals surface area (Å²) >= 11 is 0. The summed E-state index contributed by atoms with van der Waals surface area (Å²) in [5.41, 5.74) is -0.953. The summed E-state index contributed by atoms with van der Waals surface area (Å²) in [7, 11) is 0. The highest BCUT2D eigenvalue weighted by Gasteiger charge is 2.71. The average molecular weight is 401 g/mol. The molecular formula is C26H40O3. The van der Waals surface area contributed by atoms with Crippen LogP contribution >= 0.6 is 0 Å². The van der Waals surface area contributed by atoms with E-state index >= 15 is 0 Å². The van der Waals surface area contributed by atoms with Crippen LogP contribution in [0.3, 0.4) is 0 Å². The zero-order valence-electron chi connectivity index (χ0n) is 18.9. The van der Waals surface area contributed by atoms with E-state index in [4.69, 9.17) is 0 Å². The molecule has 0 aliphatic heterocycles. The lowest BCUT2D eigenvalue weighted by atomic mass is 9.40. The summed E-state index contributed by atoms with van der Waals surface area (Å²) in [5, 5.41) is 11.8. The van der Waals surface area contributed by atoms with Gasteiger partial charge in [0, 0.05) is 23.7 Å². The maximum absolute atomic E-state index is 13.2. The molecule has 162 valence electrons. The average Bonchev–Trinajstić information content (AvgIpc) is 2.95. The number of Topliss-reactive ketones (excluding diaryl/α,β-unsaturated/α-hetero) is 2. The Hall–Kier alpha value is -0.700. The summed E-state index contributed by atoms with van der Waals surface area (Å²) in [6.07, 6.45) is 11.2. The van der Waals surface area contributed by atoms with Gasteiger partial charge in [0.25, 0.3) is 0 Å². The van der Waals surface area contributed by atoms with E-state index in [2.05, 4.69) is 20.8 Å². The van der Waals surface area contributed by atoms with Gasteiger partial charge in [0.15, 0.2) is 0 Å². The van der Waals surface area contributed by atoms with E-state index < -0.39 is 5.60 Å². The number of carbonyl (C=O) groups excluding carboxylic acids is 2. The fraction of sp³-hybridized carbons (Fsp3) is 0.923. The van der Waals surface area contributed by atoms with Crippen LogP contribution < -0.4 is 0 Å². The summed E-state index contributed by atoms with van der Waals surface area (Å²) in [5.74, 6) is 3.15. The summed E-state index contributed by atoms with van der Waals surface area (Å²) < 4.78 is 0. The van der Waals surface area contributed by atoms with E-state index in [-0.39, 0.29) is 27.9 Å². The quantitative estimate of drug-likeness (QED) is 0.647. The lowest BCUT2D eigenvalue weighted by Crippen LogP contribution is -2.66. The van der Waals surface area contributed by atoms with Crippen LogP contribution in [0.25, 0.3) is 0 Å². The molecule has 3 heteroatoms. The normalized spacial score (nSPS) is 56.7. The fourth-order valence-corrected chi connectivity index (χ4v) is 10.3. The van der Waals surface area contributed by atoms with Crippen molar-refractivity contribution in [3.05, 3.63) is 0 Å². The zero-order chi connectivity index (χ0) is 20.8. The van der Waals surface area contributed by atoms with Gasteiger partial charge in [-0.05, 0) is 86.9 Å². The van der Waals surface area contributed by atoms with Crippen LogP contribution in [0, 0.1) is 45.8 Å². The molecule has 0 saturated heterocycles. The topological polar surface area (TPSA) is 54.4 Å². The Morgan fingerprint density at radius 2 is 1.76 bits per heavy atom. The molecule has 5 fully saturated rings. The van der Waals surface area contributed by atoms with Gasteiger partial charge in [-0.15, -0.1) is 0 Å². The van der Waals surface area contributed by atoms with E-state index in [0.717, 1.165) is 32.1 Å². The van der Waals surface area contributed by atoms with Crippen LogP contribution in [0.1, 0.15) is 98.3 Å². The largest absolute Gasteiger partial charge is 0.389 e. The van der Waals surface area contributed by atoms with Crippen molar-refractivity contribution in [2.75, 3.05) is 0 Å². The molecule has 0 spiro atoms. The highest BCUT2D eigenvalue weighted by atomic mass is 16.3. The van der Waals surface area contributed by atoms with Gasteiger partial charge in [-0.3, -0.25) is 9.59 Å². The van der Waals surface area contributed by atoms with E-state index in [0.29, 0.717) is 42.3 Å². The molecule has 0 radical (unpaired) electrons. The van der Waals surface area contributed by atoms with Crippen molar-refractivity contribution in [1.82, 2.24) is 0 Å². The molecule has 5 saturated carbocycles. The first-order valence-corrected chi connectivity index (χ1v) is 12.4. The molecular weight excluding hydrogens is 360 g/mol. The van der Waals surface area contributed by atoms with Crippen LogP contribution in [0.4, 0.5) is 0 Å². The Bertz CT molecular complexity index is 744. The number of hydrogen-bond acceptors (Lipinski definition) is 3. The minimum absolute atomic E-state index is 0.0959. The minimum Gasteiger partial charge on any atom is -0.389 e. The predicted molar refractivity (Wildman–Crippen MR) is 113 cm³/mol. The van der Waals surface area contributed by atoms with Gasteiger partial charge in [0.05, 0.1) is 5.60 Å². The molecule has 0 unspecified atom stereocenters. The molecule has 5 aliphatic rings. The summed E-state index contributed by atoms with van der Waals surface area (Å²) in [6, 6.07) is 0. The van der Waals surface area contributed by atoms with Crippen molar-refractivity contribution >= 4 is 11.6 Å². The Morgan fingerprint density at radius 3 is 2.48 bits per heavy atom. The molecule has 0 bridgehead atoms. The first kappa shape index (κ1) is 20.2. The van der Waals surface area contributed by atoms with E-state index in [1.54, 1.807) is 0 Å². The lowest BCUT2D eigenvalue weighted by molar-refractivity contribution is -0.230. The van der Waals surface area contributed by atoms with Gasteiger partial charge >= 0.3 is 0 Å². The first-order valence-electron chi connectivity index (χ1n) is 12.4. The van der Waals surface area contributed by atoms with Crippen LogP contribution in [0.2, 0.25) is 0 Å². The second-order valence-corrected chi connectivity index (χ2v) is 12.2. The number of fused-ring (bicyclic) bond motifs is 7. The number of hydrogen-bond donors (Lipinski definition) is 1. The maximum atomic E-state index is 13.2. The van der Waals surface area contributed by atoms with Gasteiger partial charge in [-0.2, -0.15) is 0 Å². The van der Waals surface area contributed by atoms with Crippen molar-refractivity contribution in [1.29, 1.82) is 0 Å². The molecule has 29 heavy (non-hydrogen) atoms. The molecule has 0 aromatic heterocycles. The minimum atomic E-state index is -0.832. The molecule has 0 aromatic rings. The molecule has 3 nitrogen and oxygen atoms in total. The van der Waals surface area contributed by atoms with Gasteiger partial charge < -0.3 is 5.11 Å². The SMILES string of the molecule is CC(=O)[C@]12CCCC[C@@H]1C[C@@H]1[C@H]3C[C@H](C)[C@@]4(O)CC(=O)CC[C@]4(C)[C@@H]3CC[C@]12C.